The average molecular weight is 221 g/mol. The highest BCUT2D eigenvalue weighted by atomic mass is 16.5. The smallest absolute Gasteiger partial charge is 0.119 e. The summed E-state index contributed by atoms with van der Waals surface area (Å²) in [6, 6.07) is 8.30. The molecule has 1 aliphatic rings. The summed E-state index contributed by atoms with van der Waals surface area (Å²) in [4.78, 5) is 2.45. The van der Waals surface area contributed by atoms with Gasteiger partial charge in [0.15, 0.2) is 0 Å². The molecule has 1 aromatic rings. The Morgan fingerprint density at radius 2 is 2.12 bits per heavy atom. The van der Waals surface area contributed by atoms with Gasteiger partial charge in [0.05, 0.1) is 20.3 Å². The normalized spacial score (nSPS) is 17.3. The van der Waals surface area contributed by atoms with Crippen molar-refractivity contribution in [2.24, 2.45) is 0 Å². The van der Waals surface area contributed by atoms with Crippen molar-refractivity contribution >= 4 is 0 Å². The predicted molar refractivity (Wildman–Crippen MR) is 64.0 cm³/mol. The molecule has 0 spiro atoms. The van der Waals surface area contributed by atoms with Crippen LogP contribution < -0.4 is 4.74 Å². The van der Waals surface area contributed by atoms with Gasteiger partial charge < -0.3 is 9.47 Å². The van der Waals surface area contributed by atoms with Gasteiger partial charge in [-0.3, -0.25) is 4.90 Å². The lowest BCUT2D eigenvalue weighted by atomic mass is 10.1. The third-order valence-corrected chi connectivity index (χ3v) is 2.95. The molecule has 0 saturated carbocycles. The van der Waals surface area contributed by atoms with Crippen LogP contribution in [0.25, 0.3) is 0 Å². The number of rotatable bonds is 4. The van der Waals surface area contributed by atoms with E-state index in [-0.39, 0.29) is 0 Å². The van der Waals surface area contributed by atoms with Crippen LogP contribution in [0.1, 0.15) is 5.56 Å². The molecule has 0 aliphatic carbocycles. The molecular weight excluding hydrogens is 202 g/mol. The van der Waals surface area contributed by atoms with Gasteiger partial charge in [-0.15, -0.1) is 0 Å². The third kappa shape index (κ3) is 3.22. The van der Waals surface area contributed by atoms with Gasteiger partial charge in [-0.25, -0.2) is 0 Å². The van der Waals surface area contributed by atoms with E-state index in [2.05, 4.69) is 17.0 Å². The minimum absolute atomic E-state index is 0.873. The van der Waals surface area contributed by atoms with Gasteiger partial charge in [0, 0.05) is 19.6 Å². The maximum Gasteiger partial charge on any atom is 0.119 e. The van der Waals surface area contributed by atoms with Crippen LogP contribution in [0.5, 0.6) is 5.75 Å². The Labute approximate surface area is 97.0 Å². The van der Waals surface area contributed by atoms with Crippen molar-refractivity contribution in [3.05, 3.63) is 29.8 Å². The zero-order chi connectivity index (χ0) is 11.2. The number of methoxy groups -OCH3 is 1. The molecule has 2 rings (SSSR count). The Morgan fingerprint density at radius 1 is 1.31 bits per heavy atom. The Kier molecular flexibility index (Phi) is 4.19. The lowest BCUT2D eigenvalue weighted by Crippen LogP contribution is -2.37. The zero-order valence-electron chi connectivity index (χ0n) is 9.82. The lowest BCUT2D eigenvalue weighted by molar-refractivity contribution is 0.0384. The van der Waals surface area contributed by atoms with Crippen molar-refractivity contribution < 1.29 is 9.47 Å². The van der Waals surface area contributed by atoms with E-state index < -0.39 is 0 Å². The first-order chi connectivity index (χ1) is 7.88. The molecule has 1 aliphatic heterocycles. The maximum atomic E-state index is 5.33. The minimum Gasteiger partial charge on any atom is -0.497 e. The lowest BCUT2D eigenvalue weighted by Gasteiger charge is -2.26. The van der Waals surface area contributed by atoms with Gasteiger partial charge in [0.25, 0.3) is 0 Å². The first-order valence-electron chi connectivity index (χ1n) is 5.81. The summed E-state index contributed by atoms with van der Waals surface area (Å²) >= 11 is 0. The van der Waals surface area contributed by atoms with Gasteiger partial charge in [-0.1, -0.05) is 12.1 Å². The van der Waals surface area contributed by atoms with Gasteiger partial charge in [0.1, 0.15) is 5.75 Å². The molecule has 3 nitrogen and oxygen atoms in total. The zero-order valence-corrected chi connectivity index (χ0v) is 9.82. The standard InChI is InChI=1S/C13H19NO2/c1-15-13-4-2-3-12(11-13)5-6-14-7-9-16-10-8-14/h2-4,11H,5-10H2,1H3. The maximum absolute atomic E-state index is 5.33. The Hall–Kier alpha value is -1.06. The summed E-state index contributed by atoms with van der Waals surface area (Å²) < 4.78 is 10.5. The summed E-state index contributed by atoms with van der Waals surface area (Å²) in [7, 11) is 1.71. The molecule has 1 fully saturated rings. The summed E-state index contributed by atoms with van der Waals surface area (Å²) in [6.07, 6.45) is 1.08. The molecule has 0 unspecified atom stereocenters. The second kappa shape index (κ2) is 5.87. The fourth-order valence-electron chi connectivity index (χ4n) is 1.94. The number of ether oxygens (including phenoxy) is 2. The SMILES string of the molecule is COc1cccc(CCN2CCOCC2)c1. The van der Waals surface area contributed by atoms with Gasteiger partial charge in [0.2, 0.25) is 0 Å². The van der Waals surface area contributed by atoms with Crippen LogP contribution in [0.4, 0.5) is 0 Å². The monoisotopic (exact) mass is 221 g/mol. The number of benzene rings is 1. The van der Waals surface area contributed by atoms with Crippen LogP contribution >= 0.6 is 0 Å². The second-order valence-corrected chi connectivity index (χ2v) is 4.06. The van der Waals surface area contributed by atoms with E-state index in [1.54, 1.807) is 7.11 Å². The number of hydrogen-bond acceptors (Lipinski definition) is 3. The molecule has 0 bridgehead atoms. The molecule has 0 atom stereocenters. The van der Waals surface area contributed by atoms with Crippen molar-refractivity contribution in [2.45, 2.75) is 6.42 Å². The van der Waals surface area contributed by atoms with Crippen LogP contribution in [-0.2, 0) is 11.2 Å². The van der Waals surface area contributed by atoms with Crippen molar-refractivity contribution in [3.8, 4) is 5.75 Å². The number of nitrogens with zero attached hydrogens (tertiary/aromatic N) is 1. The van der Waals surface area contributed by atoms with E-state index in [0.717, 1.165) is 45.0 Å². The van der Waals surface area contributed by atoms with Crippen LogP contribution in [-0.4, -0.2) is 44.9 Å². The van der Waals surface area contributed by atoms with Crippen LogP contribution in [0.2, 0.25) is 0 Å². The van der Waals surface area contributed by atoms with Crippen molar-refractivity contribution in [2.75, 3.05) is 40.0 Å². The van der Waals surface area contributed by atoms with Gasteiger partial charge in [-0.2, -0.15) is 0 Å². The summed E-state index contributed by atoms with van der Waals surface area (Å²) in [5.74, 6) is 0.944. The summed E-state index contributed by atoms with van der Waals surface area (Å²) in [5, 5.41) is 0. The van der Waals surface area contributed by atoms with Crippen molar-refractivity contribution in [1.29, 1.82) is 0 Å². The highest BCUT2D eigenvalue weighted by Crippen LogP contribution is 2.13. The average Bonchev–Trinajstić information content (AvgIpc) is 2.38. The van der Waals surface area contributed by atoms with E-state index in [1.807, 2.05) is 12.1 Å². The van der Waals surface area contributed by atoms with E-state index in [0.29, 0.717) is 0 Å². The molecule has 0 aromatic heterocycles. The van der Waals surface area contributed by atoms with E-state index in [9.17, 15) is 0 Å². The number of hydrogen-bond donors (Lipinski definition) is 0. The van der Waals surface area contributed by atoms with E-state index >= 15 is 0 Å². The molecule has 1 heterocycles. The molecule has 1 saturated heterocycles. The third-order valence-electron chi connectivity index (χ3n) is 2.95. The molecule has 3 heteroatoms. The second-order valence-electron chi connectivity index (χ2n) is 4.06. The Balaban J connectivity index is 1.83. The highest BCUT2D eigenvalue weighted by Gasteiger charge is 2.09. The van der Waals surface area contributed by atoms with Gasteiger partial charge >= 0.3 is 0 Å². The largest absolute Gasteiger partial charge is 0.497 e. The minimum atomic E-state index is 0.873. The fourth-order valence-corrected chi connectivity index (χ4v) is 1.94. The molecule has 16 heavy (non-hydrogen) atoms. The number of morpholine rings is 1. The van der Waals surface area contributed by atoms with E-state index in [4.69, 9.17) is 9.47 Å². The Bertz CT molecular complexity index is 321. The van der Waals surface area contributed by atoms with Crippen molar-refractivity contribution in [1.82, 2.24) is 4.90 Å². The first-order valence-corrected chi connectivity index (χ1v) is 5.81. The topological polar surface area (TPSA) is 21.7 Å². The molecule has 0 amide bonds. The molecule has 0 N–H and O–H groups in total. The van der Waals surface area contributed by atoms with E-state index in [1.165, 1.54) is 5.56 Å². The summed E-state index contributed by atoms with van der Waals surface area (Å²) in [6.45, 7) is 4.97. The van der Waals surface area contributed by atoms with Crippen LogP contribution in [0, 0.1) is 0 Å². The van der Waals surface area contributed by atoms with Gasteiger partial charge in [-0.05, 0) is 24.1 Å². The van der Waals surface area contributed by atoms with Crippen molar-refractivity contribution in [3.63, 3.8) is 0 Å². The fraction of sp³-hybridized carbons (Fsp3) is 0.538. The molecule has 1 aromatic carbocycles. The molecule has 0 radical (unpaired) electrons. The summed E-state index contributed by atoms with van der Waals surface area (Å²) in [5.41, 5.74) is 1.34. The molecular formula is C13H19NO2. The Morgan fingerprint density at radius 3 is 2.88 bits per heavy atom. The predicted octanol–water partition coefficient (Wildman–Crippen LogP) is 1.57. The van der Waals surface area contributed by atoms with Crippen LogP contribution in [0.15, 0.2) is 24.3 Å². The first kappa shape index (κ1) is 11.4. The van der Waals surface area contributed by atoms with Crippen LogP contribution in [0.3, 0.4) is 0 Å². The highest BCUT2D eigenvalue weighted by molar-refractivity contribution is 5.28. The quantitative estimate of drug-likeness (QED) is 0.770. The molecule has 88 valence electrons.